The van der Waals surface area contributed by atoms with Crippen molar-refractivity contribution in [2.75, 3.05) is 6.54 Å². The molecule has 0 radical (unpaired) electrons. The molecule has 2 N–H and O–H groups in total. The molecule has 0 aliphatic carbocycles. The van der Waals surface area contributed by atoms with Gasteiger partial charge in [0, 0.05) is 22.1 Å². The smallest absolute Gasteiger partial charge is 0.0517 e. The normalized spacial score (nSPS) is 25.6. The average molecular weight is 301 g/mol. The Balaban J connectivity index is 2.43. The predicted octanol–water partition coefficient (Wildman–Crippen LogP) is 4.26. The van der Waals surface area contributed by atoms with E-state index in [1.165, 1.54) is 12.8 Å². The molecular formula is C15H22Cl2N2. The van der Waals surface area contributed by atoms with Crippen molar-refractivity contribution in [3.05, 3.63) is 33.8 Å². The van der Waals surface area contributed by atoms with Crippen LogP contribution in [0.2, 0.25) is 10.0 Å². The highest BCUT2D eigenvalue weighted by Crippen LogP contribution is 2.36. The molecule has 2 rings (SSSR count). The van der Waals surface area contributed by atoms with E-state index < -0.39 is 0 Å². The number of nitrogens with zero attached hydrogens (tertiary/aromatic N) is 1. The molecule has 19 heavy (non-hydrogen) atoms. The fourth-order valence-electron chi connectivity index (χ4n) is 2.95. The van der Waals surface area contributed by atoms with Gasteiger partial charge in [-0.15, -0.1) is 0 Å². The zero-order valence-corrected chi connectivity index (χ0v) is 13.1. The summed E-state index contributed by atoms with van der Waals surface area (Å²) in [7, 11) is 0. The summed E-state index contributed by atoms with van der Waals surface area (Å²) < 4.78 is 0. The van der Waals surface area contributed by atoms with Gasteiger partial charge in [0.2, 0.25) is 0 Å². The Morgan fingerprint density at radius 2 is 2.00 bits per heavy atom. The topological polar surface area (TPSA) is 29.3 Å². The maximum absolute atomic E-state index is 6.41. The van der Waals surface area contributed by atoms with Crippen molar-refractivity contribution in [2.45, 2.75) is 51.2 Å². The molecule has 0 amide bonds. The third kappa shape index (κ3) is 3.43. The summed E-state index contributed by atoms with van der Waals surface area (Å²) in [6.45, 7) is 5.49. The first-order valence-corrected chi connectivity index (χ1v) is 7.72. The molecule has 1 fully saturated rings. The standard InChI is InChI=1S/C15H22Cl2N2/c1-10(2)19-8-4-3-5-14(18)15(19)12-9-11(16)6-7-13(12)17/h6-7,9-10,14-15H,3-5,8,18H2,1-2H3. The molecule has 1 saturated heterocycles. The Bertz CT molecular complexity index is 434. The second kappa shape index (κ2) is 6.45. The summed E-state index contributed by atoms with van der Waals surface area (Å²) in [5.41, 5.74) is 7.48. The van der Waals surface area contributed by atoms with Crippen LogP contribution in [0.15, 0.2) is 18.2 Å². The van der Waals surface area contributed by atoms with Crippen LogP contribution in [-0.4, -0.2) is 23.5 Å². The van der Waals surface area contributed by atoms with Gasteiger partial charge in [-0.2, -0.15) is 0 Å². The summed E-state index contributed by atoms with van der Waals surface area (Å²) in [6.07, 6.45) is 3.41. The zero-order chi connectivity index (χ0) is 14.0. The maximum Gasteiger partial charge on any atom is 0.0517 e. The van der Waals surface area contributed by atoms with E-state index in [4.69, 9.17) is 28.9 Å². The van der Waals surface area contributed by atoms with E-state index in [9.17, 15) is 0 Å². The summed E-state index contributed by atoms with van der Waals surface area (Å²) in [5, 5.41) is 1.48. The van der Waals surface area contributed by atoms with Gasteiger partial charge in [-0.3, -0.25) is 4.90 Å². The van der Waals surface area contributed by atoms with Crippen molar-refractivity contribution in [3.8, 4) is 0 Å². The number of hydrogen-bond acceptors (Lipinski definition) is 2. The summed E-state index contributed by atoms with van der Waals surface area (Å²) in [4.78, 5) is 2.45. The highest BCUT2D eigenvalue weighted by atomic mass is 35.5. The van der Waals surface area contributed by atoms with Crippen LogP contribution < -0.4 is 5.73 Å². The van der Waals surface area contributed by atoms with Gasteiger partial charge in [0.1, 0.15) is 0 Å². The minimum absolute atomic E-state index is 0.112. The van der Waals surface area contributed by atoms with Gasteiger partial charge in [0.05, 0.1) is 6.04 Å². The average Bonchev–Trinajstić information content (AvgIpc) is 2.54. The van der Waals surface area contributed by atoms with Gasteiger partial charge in [0.25, 0.3) is 0 Å². The monoisotopic (exact) mass is 300 g/mol. The number of nitrogens with two attached hydrogens (primary N) is 1. The van der Waals surface area contributed by atoms with Crippen LogP contribution in [0, 0.1) is 0 Å². The van der Waals surface area contributed by atoms with Crippen LogP contribution in [0.25, 0.3) is 0 Å². The molecule has 4 heteroatoms. The SMILES string of the molecule is CC(C)N1CCCCC(N)C1c1cc(Cl)ccc1Cl. The molecular weight excluding hydrogens is 279 g/mol. The van der Waals surface area contributed by atoms with Crippen LogP contribution in [0.1, 0.15) is 44.7 Å². The molecule has 106 valence electrons. The van der Waals surface area contributed by atoms with E-state index >= 15 is 0 Å². The Hall–Kier alpha value is -0.280. The molecule has 2 unspecified atom stereocenters. The molecule has 0 aromatic heterocycles. The number of benzene rings is 1. The summed E-state index contributed by atoms with van der Waals surface area (Å²) in [6, 6.07) is 6.39. The van der Waals surface area contributed by atoms with Crippen LogP contribution in [0.4, 0.5) is 0 Å². The van der Waals surface area contributed by atoms with E-state index in [-0.39, 0.29) is 12.1 Å². The van der Waals surface area contributed by atoms with Gasteiger partial charge in [0.15, 0.2) is 0 Å². The van der Waals surface area contributed by atoms with Crippen LogP contribution in [0.3, 0.4) is 0 Å². The van der Waals surface area contributed by atoms with Crippen LogP contribution in [-0.2, 0) is 0 Å². The fraction of sp³-hybridized carbons (Fsp3) is 0.600. The van der Waals surface area contributed by atoms with E-state index in [0.29, 0.717) is 6.04 Å². The minimum atomic E-state index is 0.112. The third-order valence-corrected chi connectivity index (χ3v) is 4.49. The molecule has 0 spiro atoms. The van der Waals surface area contributed by atoms with Gasteiger partial charge in [-0.25, -0.2) is 0 Å². The molecule has 1 aliphatic rings. The van der Waals surface area contributed by atoms with Crippen molar-refractivity contribution in [1.29, 1.82) is 0 Å². The Morgan fingerprint density at radius 1 is 1.26 bits per heavy atom. The molecule has 1 aliphatic heterocycles. The molecule has 2 nitrogen and oxygen atoms in total. The molecule has 1 aromatic carbocycles. The van der Waals surface area contributed by atoms with Crippen molar-refractivity contribution in [2.24, 2.45) is 5.73 Å². The Labute approximate surface area is 125 Å². The van der Waals surface area contributed by atoms with Gasteiger partial charge >= 0.3 is 0 Å². The maximum atomic E-state index is 6.41. The Kier molecular flexibility index (Phi) is 5.13. The molecule has 2 atom stereocenters. The van der Waals surface area contributed by atoms with Crippen LogP contribution in [0.5, 0.6) is 0 Å². The van der Waals surface area contributed by atoms with E-state index in [0.717, 1.165) is 28.6 Å². The first-order chi connectivity index (χ1) is 9.00. The highest BCUT2D eigenvalue weighted by molar-refractivity contribution is 6.33. The number of halogens is 2. The lowest BCUT2D eigenvalue weighted by molar-refractivity contribution is 0.144. The van der Waals surface area contributed by atoms with Crippen molar-refractivity contribution < 1.29 is 0 Å². The zero-order valence-electron chi connectivity index (χ0n) is 11.6. The number of hydrogen-bond donors (Lipinski definition) is 1. The summed E-state index contributed by atoms with van der Waals surface area (Å²) >= 11 is 12.5. The third-order valence-electron chi connectivity index (χ3n) is 3.91. The van der Waals surface area contributed by atoms with Crippen molar-refractivity contribution >= 4 is 23.2 Å². The van der Waals surface area contributed by atoms with Crippen LogP contribution >= 0.6 is 23.2 Å². The molecule has 0 saturated carbocycles. The van der Waals surface area contributed by atoms with Crippen molar-refractivity contribution in [1.82, 2.24) is 4.90 Å². The van der Waals surface area contributed by atoms with Gasteiger partial charge < -0.3 is 5.73 Å². The van der Waals surface area contributed by atoms with E-state index in [1.54, 1.807) is 0 Å². The lowest BCUT2D eigenvalue weighted by atomic mass is 9.95. The van der Waals surface area contributed by atoms with Gasteiger partial charge in [-0.1, -0.05) is 29.6 Å². The highest BCUT2D eigenvalue weighted by Gasteiger charge is 2.31. The second-order valence-corrected chi connectivity index (χ2v) is 6.45. The Morgan fingerprint density at radius 3 is 2.68 bits per heavy atom. The first kappa shape index (κ1) is 15.1. The lowest BCUT2D eigenvalue weighted by Gasteiger charge is -2.37. The number of likely N-dealkylation sites (tertiary alicyclic amines) is 1. The molecule has 1 aromatic rings. The quantitative estimate of drug-likeness (QED) is 0.884. The first-order valence-electron chi connectivity index (χ1n) is 6.97. The molecule has 0 bridgehead atoms. The van der Waals surface area contributed by atoms with E-state index in [2.05, 4.69) is 18.7 Å². The predicted molar refractivity (Wildman–Crippen MR) is 82.9 cm³/mol. The number of rotatable bonds is 2. The second-order valence-electron chi connectivity index (χ2n) is 5.60. The lowest BCUT2D eigenvalue weighted by Crippen LogP contribution is -2.43. The molecule has 1 heterocycles. The summed E-state index contributed by atoms with van der Waals surface area (Å²) in [5.74, 6) is 0. The fourth-order valence-corrected chi connectivity index (χ4v) is 3.36. The van der Waals surface area contributed by atoms with E-state index in [1.807, 2.05) is 18.2 Å². The van der Waals surface area contributed by atoms with Gasteiger partial charge in [-0.05, 0) is 57.0 Å². The minimum Gasteiger partial charge on any atom is -0.326 e. The largest absolute Gasteiger partial charge is 0.326 e. The van der Waals surface area contributed by atoms with Crippen molar-refractivity contribution in [3.63, 3.8) is 0 Å².